The van der Waals surface area contributed by atoms with Crippen molar-refractivity contribution in [3.8, 4) is 17.5 Å². The SMILES string of the molecule is N#CCSc1ccccc1NC(=O)Cn1nnc(-c2ccsc2)n1. The molecule has 0 unspecified atom stereocenters. The summed E-state index contributed by atoms with van der Waals surface area (Å²) in [6.45, 7) is -0.0333. The molecule has 0 bridgehead atoms. The van der Waals surface area contributed by atoms with Crippen LogP contribution in [0.3, 0.4) is 0 Å². The lowest BCUT2D eigenvalue weighted by Gasteiger charge is -2.09. The number of tetrazole rings is 1. The summed E-state index contributed by atoms with van der Waals surface area (Å²) in [7, 11) is 0. The molecule has 7 nitrogen and oxygen atoms in total. The Morgan fingerprint density at radius 2 is 2.25 bits per heavy atom. The third kappa shape index (κ3) is 3.98. The molecule has 2 aromatic heterocycles. The predicted molar refractivity (Wildman–Crippen MR) is 92.5 cm³/mol. The summed E-state index contributed by atoms with van der Waals surface area (Å²) in [5.74, 6) is 0.560. The summed E-state index contributed by atoms with van der Waals surface area (Å²) < 4.78 is 0. The number of carbonyl (C=O) groups excluding carboxylic acids is 1. The molecule has 0 fully saturated rings. The van der Waals surface area contributed by atoms with Gasteiger partial charge in [-0.25, -0.2) is 0 Å². The van der Waals surface area contributed by atoms with Gasteiger partial charge in [0.1, 0.15) is 6.54 Å². The highest BCUT2D eigenvalue weighted by atomic mass is 32.2. The highest BCUT2D eigenvalue weighted by Crippen LogP contribution is 2.26. The molecule has 3 aromatic rings. The number of amides is 1. The van der Waals surface area contributed by atoms with E-state index < -0.39 is 0 Å². The fourth-order valence-corrected chi connectivity index (χ4v) is 3.25. The van der Waals surface area contributed by atoms with E-state index in [-0.39, 0.29) is 12.5 Å². The zero-order valence-electron chi connectivity index (χ0n) is 12.4. The molecule has 1 amide bonds. The van der Waals surface area contributed by atoms with E-state index in [4.69, 9.17) is 5.26 Å². The average Bonchev–Trinajstić information content (AvgIpc) is 3.25. The largest absolute Gasteiger partial charge is 0.323 e. The Morgan fingerprint density at radius 1 is 1.38 bits per heavy atom. The Morgan fingerprint density at radius 3 is 3.04 bits per heavy atom. The second kappa shape index (κ2) is 7.72. The first-order chi connectivity index (χ1) is 11.8. The van der Waals surface area contributed by atoms with Crippen LogP contribution < -0.4 is 5.32 Å². The Labute approximate surface area is 146 Å². The fourth-order valence-electron chi connectivity index (χ4n) is 1.94. The summed E-state index contributed by atoms with van der Waals surface area (Å²) in [4.78, 5) is 14.3. The molecule has 0 saturated carbocycles. The van der Waals surface area contributed by atoms with Gasteiger partial charge in [0, 0.05) is 15.8 Å². The van der Waals surface area contributed by atoms with E-state index in [2.05, 4.69) is 26.8 Å². The molecule has 0 aliphatic carbocycles. The highest BCUT2D eigenvalue weighted by molar-refractivity contribution is 7.99. The minimum atomic E-state index is -0.255. The fraction of sp³-hybridized carbons (Fsp3) is 0.133. The summed E-state index contributed by atoms with van der Waals surface area (Å²) in [6.07, 6.45) is 0. The number of anilines is 1. The van der Waals surface area contributed by atoms with E-state index in [1.165, 1.54) is 16.6 Å². The Balaban J connectivity index is 1.65. The predicted octanol–water partition coefficient (Wildman–Crippen LogP) is 2.66. The van der Waals surface area contributed by atoms with Gasteiger partial charge in [-0.3, -0.25) is 4.79 Å². The van der Waals surface area contributed by atoms with Crippen molar-refractivity contribution in [3.63, 3.8) is 0 Å². The molecule has 120 valence electrons. The van der Waals surface area contributed by atoms with Gasteiger partial charge in [0.05, 0.1) is 17.5 Å². The van der Waals surface area contributed by atoms with Crippen LogP contribution in [0.4, 0.5) is 5.69 Å². The highest BCUT2D eigenvalue weighted by Gasteiger charge is 2.11. The molecule has 2 heterocycles. The van der Waals surface area contributed by atoms with Gasteiger partial charge in [-0.2, -0.15) is 21.4 Å². The molecule has 9 heteroatoms. The van der Waals surface area contributed by atoms with Crippen molar-refractivity contribution in [1.29, 1.82) is 5.26 Å². The zero-order chi connectivity index (χ0) is 16.8. The lowest BCUT2D eigenvalue weighted by Crippen LogP contribution is -2.20. The Kier molecular flexibility index (Phi) is 5.20. The summed E-state index contributed by atoms with van der Waals surface area (Å²) >= 11 is 2.92. The Bertz CT molecular complexity index is 868. The van der Waals surface area contributed by atoms with Crippen LogP contribution in [-0.4, -0.2) is 31.9 Å². The van der Waals surface area contributed by atoms with E-state index in [0.29, 0.717) is 17.3 Å². The molecule has 1 N–H and O–H groups in total. The minimum absolute atomic E-state index is 0.0333. The van der Waals surface area contributed by atoms with Crippen molar-refractivity contribution < 1.29 is 4.79 Å². The first-order valence-corrected chi connectivity index (χ1v) is 8.88. The molecule has 0 saturated heterocycles. The molecule has 3 rings (SSSR count). The summed E-state index contributed by atoms with van der Waals surface area (Å²) in [6, 6.07) is 11.3. The standard InChI is InChI=1S/C15H12N6OS2/c16-6-8-24-13-4-2-1-3-12(13)17-14(22)9-21-19-15(18-20-21)11-5-7-23-10-11/h1-5,7,10H,8-9H2,(H,17,22). The van der Waals surface area contributed by atoms with E-state index in [1.54, 1.807) is 17.4 Å². The maximum Gasteiger partial charge on any atom is 0.248 e. The number of nitriles is 1. The van der Waals surface area contributed by atoms with Crippen LogP contribution in [0.2, 0.25) is 0 Å². The van der Waals surface area contributed by atoms with Crippen LogP contribution in [-0.2, 0) is 11.3 Å². The van der Waals surface area contributed by atoms with Crippen molar-refractivity contribution in [2.24, 2.45) is 0 Å². The number of rotatable bonds is 6. The van der Waals surface area contributed by atoms with Crippen LogP contribution in [0.15, 0.2) is 46.0 Å². The van der Waals surface area contributed by atoms with Crippen LogP contribution >= 0.6 is 23.1 Å². The molecule has 0 aliphatic heterocycles. The van der Waals surface area contributed by atoms with E-state index in [0.717, 1.165) is 10.5 Å². The summed E-state index contributed by atoms with van der Waals surface area (Å²) in [5, 5.41) is 27.4. The van der Waals surface area contributed by atoms with Gasteiger partial charge in [-0.1, -0.05) is 12.1 Å². The number of thioether (sulfide) groups is 1. The smallest absolute Gasteiger partial charge is 0.248 e. The third-order valence-electron chi connectivity index (χ3n) is 2.97. The molecule has 1 aromatic carbocycles. The van der Waals surface area contributed by atoms with Crippen molar-refractivity contribution in [1.82, 2.24) is 20.2 Å². The topological polar surface area (TPSA) is 96.5 Å². The number of nitrogens with one attached hydrogen (secondary N) is 1. The number of carbonyl (C=O) groups is 1. The van der Waals surface area contributed by atoms with Crippen molar-refractivity contribution in [3.05, 3.63) is 41.1 Å². The maximum atomic E-state index is 12.2. The van der Waals surface area contributed by atoms with Crippen LogP contribution in [0.25, 0.3) is 11.4 Å². The van der Waals surface area contributed by atoms with Gasteiger partial charge in [0.25, 0.3) is 0 Å². The van der Waals surface area contributed by atoms with Crippen molar-refractivity contribution in [2.45, 2.75) is 11.4 Å². The molecule has 0 aliphatic rings. The molecule has 0 atom stereocenters. The third-order valence-corrected chi connectivity index (χ3v) is 4.59. The number of para-hydroxylation sites is 1. The number of hydrogen-bond donors (Lipinski definition) is 1. The lowest BCUT2D eigenvalue weighted by atomic mass is 10.3. The molecular formula is C15H12N6OS2. The lowest BCUT2D eigenvalue weighted by molar-refractivity contribution is -0.117. The van der Waals surface area contributed by atoms with E-state index >= 15 is 0 Å². The second-order valence-corrected chi connectivity index (χ2v) is 6.44. The maximum absolute atomic E-state index is 12.2. The van der Waals surface area contributed by atoms with Crippen LogP contribution in [0, 0.1) is 11.3 Å². The van der Waals surface area contributed by atoms with Gasteiger partial charge >= 0.3 is 0 Å². The van der Waals surface area contributed by atoms with Gasteiger partial charge < -0.3 is 5.32 Å². The van der Waals surface area contributed by atoms with E-state index in [9.17, 15) is 4.79 Å². The first-order valence-electron chi connectivity index (χ1n) is 6.95. The number of benzene rings is 1. The van der Waals surface area contributed by atoms with Crippen LogP contribution in [0.1, 0.15) is 0 Å². The van der Waals surface area contributed by atoms with Gasteiger partial charge in [0.2, 0.25) is 11.7 Å². The van der Waals surface area contributed by atoms with Gasteiger partial charge in [-0.05, 0) is 28.8 Å². The van der Waals surface area contributed by atoms with E-state index in [1.807, 2.05) is 35.0 Å². The number of thiophene rings is 1. The molecule has 24 heavy (non-hydrogen) atoms. The Hall–Kier alpha value is -2.70. The number of nitrogens with zero attached hydrogens (tertiary/aromatic N) is 5. The number of aromatic nitrogens is 4. The minimum Gasteiger partial charge on any atom is -0.323 e. The zero-order valence-corrected chi connectivity index (χ0v) is 14.0. The summed E-state index contributed by atoms with van der Waals surface area (Å²) in [5.41, 5.74) is 1.55. The van der Waals surface area contributed by atoms with Crippen LogP contribution in [0.5, 0.6) is 0 Å². The van der Waals surface area contributed by atoms with Gasteiger partial charge in [-0.15, -0.1) is 22.0 Å². The van der Waals surface area contributed by atoms with Crippen molar-refractivity contribution in [2.75, 3.05) is 11.1 Å². The quantitative estimate of drug-likeness (QED) is 0.682. The van der Waals surface area contributed by atoms with Gasteiger partial charge in [0.15, 0.2) is 0 Å². The second-order valence-electron chi connectivity index (χ2n) is 4.65. The molecule has 0 spiro atoms. The first kappa shape index (κ1) is 16.2. The van der Waals surface area contributed by atoms with Crippen molar-refractivity contribution >= 4 is 34.7 Å². The number of hydrogen-bond acceptors (Lipinski definition) is 7. The average molecular weight is 356 g/mol. The molecular weight excluding hydrogens is 344 g/mol. The monoisotopic (exact) mass is 356 g/mol. The normalized spacial score (nSPS) is 10.3. The molecule has 0 radical (unpaired) electrons.